The van der Waals surface area contributed by atoms with Crippen LogP contribution in [0, 0.1) is 5.82 Å². The van der Waals surface area contributed by atoms with Crippen LogP contribution in [-0.2, 0) is 9.59 Å². The molecule has 2 N–H and O–H groups in total. The maximum Gasteiger partial charge on any atom is 0.262 e. The number of nitrogens with zero attached hydrogens (tertiary/aromatic N) is 1. The van der Waals surface area contributed by atoms with Crippen LogP contribution in [0.1, 0.15) is 23.2 Å². The van der Waals surface area contributed by atoms with Gasteiger partial charge in [0.25, 0.3) is 11.8 Å². The lowest BCUT2D eigenvalue weighted by Crippen LogP contribution is -2.24. The van der Waals surface area contributed by atoms with E-state index in [-0.39, 0.29) is 22.9 Å². The molecule has 1 aliphatic rings. The third kappa shape index (κ3) is 5.35. The number of ether oxygens (including phenoxy) is 1. The van der Waals surface area contributed by atoms with Gasteiger partial charge in [0.2, 0.25) is 5.91 Å². The number of para-hydroxylation sites is 2. The van der Waals surface area contributed by atoms with E-state index >= 15 is 0 Å². The Kier molecular flexibility index (Phi) is 7.08. The molecular formula is C25H21ClFN3O4. The maximum absolute atomic E-state index is 13.7. The summed E-state index contributed by atoms with van der Waals surface area (Å²) in [4.78, 5) is 38.6. The molecular weight excluding hydrogens is 461 g/mol. The van der Waals surface area contributed by atoms with Crippen molar-refractivity contribution in [1.29, 1.82) is 0 Å². The Bertz CT molecular complexity index is 1250. The van der Waals surface area contributed by atoms with Gasteiger partial charge in [-0.2, -0.15) is 0 Å². The molecule has 1 saturated heterocycles. The van der Waals surface area contributed by atoms with Crippen LogP contribution in [0.15, 0.2) is 66.7 Å². The van der Waals surface area contributed by atoms with E-state index in [1.54, 1.807) is 53.4 Å². The summed E-state index contributed by atoms with van der Waals surface area (Å²) in [5.74, 6) is -1.39. The number of nitrogens with one attached hydrogen (secondary N) is 2. The molecule has 0 atom stereocenters. The second-order valence-corrected chi connectivity index (χ2v) is 7.99. The van der Waals surface area contributed by atoms with Crippen molar-refractivity contribution in [1.82, 2.24) is 0 Å². The van der Waals surface area contributed by atoms with Crippen LogP contribution < -0.4 is 20.3 Å². The van der Waals surface area contributed by atoms with Gasteiger partial charge in [0.1, 0.15) is 11.6 Å². The highest BCUT2D eigenvalue weighted by molar-refractivity contribution is 6.34. The van der Waals surface area contributed by atoms with E-state index in [0.29, 0.717) is 29.4 Å². The molecule has 3 aromatic rings. The third-order valence-electron chi connectivity index (χ3n) is 5.21. The highest BCUT2D eigenvalue weighted by atomic mass is 35.5. The van der Waals surface area contributed by atoms with Gasteiger partial charge in [-0.1, -0.05) is 35.9 Å². The van der Waals surface area contributed by atoms with E-state index in [9.17, 15) is 18.8 Å². The fourth-order valence-corrected chi connectivity index (χ4v) is 3.86. The van der Waals surface area contributed by atoms with Crippen molar-refractivity contribution in [3.8, 4) is 5.75 Å². The van der Waals surface area contributed by atoms with E-state index in [2.05, 4.69) is 10.6 Å². The molecule has 3 amide bonds. The van der Waals surface area contributed by atoms with E-state index in [4.69, 9.17) is 16.3 Å². The van der Waals surface area contributed by atoms with E-state index < -0.39 is 24.2 Å². The lowest BCUT2D eigenvalue weighted by atomic mass is 10.1. The Labute approximate surface area is 200 Å². The van der Waals surface area contributed by atoms with Crippen molar-refractivity contribution in [2.24, 2.45) is 0 Å². The zero-order valence-corrected chi connectivity index (χ0v) is 18.8. The van der Waals surface area contributed by atoms with Gasteiger partial charge >= 0.3 is 0 Å². The van der Waals surface area contributed by atoms with Gasteiger partial charge < -0.3 is 20.3 Å². The number of hydrogen-bond donors (Lipinski definition) is 2. The molecule has 0 aliphatic carbocycles. The predicted octanol–water partition coefficient (Wildman–Crippen LogP) is 4.88. The van der Waals surface area contributed by atoms with Crippen molar-refractivity contribution in [2.45, 2.75) is 12.8 Å². The van der Waals surface area contributed by atoms with Gasteiger partial charge in [0.15, 0.2) is 6.61 Å². The van der Waals surface area contributed by atoms with Crippen LogP contribution >= 0.6 is 11.6 Å². The minimum Gasteiger partial charge on any atom is -0.483 e. The summed E-state index contributed by atoms with van der Waals surface area (Å²) >= 11 is 6.36. The summed E-state index contributed by atoms with van der Waals surface area (Å²) in [5.41, 5.74) is 1.29. The molecule has 4 rings (SSSR count). The van der Waals surface area contributed by atoms with E-state index in [1.165, 1.54) is 18.2 Å². The van der Waals surface area contributed by atoms with Crippen LogP contribution in [0.2, 0.25) is 5.02 Å². The van der Waals surface area contributed by atoms with Crippen LogP contribution in [0.3, 0.4) is 0 Å². The molecule has 1 aliphatic heterocycles. The fourth-order valence-electron chi connectivity index (χ4n) is 3.58. The molecule has 34 heavy (non-hydrogen) atoms. The second-order valence-electron chi connectivity index (χ2n) is 7.58. The number of anilines is 3. The lowest BCUT2D eigenvalue weighted by Gasteiger charge is -2.18. The van der Waals surface area contributed by atoms with Crippen LogP contribution in [0.5, 0.6) is 5.75 Å². The van der Waals surface area contributed by atoms with E-state index in [1.807, 2.05) is 0 Å². The molecule has 1 heterocycles. The zero-order chi connectivity index (χ0) is 24.1. The highest BCUT2D eigenvalue weighted by Gasteiger charge is 2.24. The summed E-state index contributed by atoms with van der Waals surface area (Å²) in [6.45, 7) is 0.197. The average Bonchev–Trinajstić information content (AvgIpc) is 3.25. The van der Waals surface area contributed by atoms with Crippen LogP contribution in [0.25, 0.3) is 0 Å². The third-order valence-corrected chi connectivity index (χ3v) is 5.51. The predicted molar refractivity (Wildman–Crippen MR) is 128 cm³/mol. The Hall–Kier alpha value is -3.91. The van der Waals surface area contributed by atoms with Crippen molar-refractivity contribution >= 4 is 46.4 Å². The molecule has 1 fully saturated rings. The van der Waals surface area contributed by atoms with Crippen molar-refractivity contribution < 1.29 is 23.5 Å². The van der Waals surface area contributed by atoms with Gasteiger partial charge in [-0.05, 0) is 48.9 Å². The number of carbonyl (C=O) groups excluding carboxylic acids is 3. The first-order valence-corrected chi connectivity index (χ1v) is 11.0. The standard InChI is InChI=1S/C25H21ClFN3O4/c26-18-14-16(11-12-21(18)30-13-5-10-24(30)32)28-25(33)17-6-1-4-9-22(17)34-15-23(31)29-20-8-3-2-7-19(20)27/h1-4,6-9,11-12,14H,5,10,13,15H2,(H,28,33)(H,29,31). The van der Waals surface area contributed by atoms with Gasteiger partial charge in [-0.15, -0.1) is 0 Å². The minimum atomic E-state index is -0.570. The molecule has 174 valence electrons. The van der Waals surface area contributed by atoms with Gasteiger partial charge in [-0.25, -0.2) is 4.39 Å². The summed E-state index contributed by atoms with van der Waals surface area (Å²) in [5, 5.41) is 5.52. The number of benzene rings is 3. The first kappa shape index (κ1) is 23.3. The molecule has 0 unspecified atom stereocenters. The summed E-state index contributed by atoms with van der Waals surface area (Å²) in [7, 11) is 0. The van der Waals surface area contributed by atoms with Crippen molar-refractivity contribution in [3.05, 3.63) is 83.1 Å². The summed E-state index contributed by atoms with van der Waals surface area (Å²) in [6.07, 6.45) is 1.27. The fraction of sp³-hybridized carbons (Fsp3) is 0.160. The second kappa shape index (κ2) is 10.4. The Morgan fingerprint density at radius 1 is 1.03 bits per heavy atom. The first-order chi connectivity index (χ1) is 16.4. The van der Waals surface area contributed by atoms with E-state index in [0.717, 1.165) is 6.42 Å². The van der Waals surface area contributed by atoms with Crippen LogP contribution in [0.4, 0.5) is 21.5 Å². The number of rotatable bonds is 7. The van der Waals surface area contributed by atoms with Crippen LogP contribution in [-0.4, -0.2) is 30.9 Å². The van der Waals surface area contributed by atoms with Gasteiger partial charge in [-0.3, -0.25) is 14.4 Å². The average molecular weight is 482 g/mol. The number of amides is 3. The Morgan fingerprint density at radius 3 is 2.53 bits per heavy atom. The number of halogens is 2. The molecule has 7 nitrogen and oxygen atoms in total. The first-order valence-electron chi connectivity index (χ1n) is 10.6. The normalized spacial score (nSPS) is 13.0. The molecule has 0 saturated carbocycles. The summed E-state index contributed by atoms with van der Waals surface area (Å²) < 4.78 is 19.2. The Morgan fingerprint density at radius 2 is 1.79 bits per heavy atom. The topological polar surface area (TPSA) is 87.7 Å². The highest BCUT2D eigenvalue weighted by Crippen LogP contribution is 2.32. The lowest BCUT2D eigenvalue weighted by molar-refractivity contribution is -0.118. The molecule has 0 aromatic heterocycles. The Balaban J connectivity index is 1.41. The maximum atomic E-state index is 13.7. The summed E-state index contributed by atoms with van der Waals surface area (Å²) in [6, 6.07) is 17.2. The molecule has 9 heteroatoms. The number of carbonyl (C=O) groups is 3. The smallest absolute Gasteiger partial charge is 0.262 e. The number of hydrogen-bond acceptors (Lipinski definition) is 4. The van der Waals surface area contributed by atoms with Crippen molar-refractivity contribution in [3.63, 3.8) is 0 Å². The largest absolute Gasteiger partial charge is 0.483 e. The zero-order valence-electron chi connectivity index (χ0n) is 18.0. The SMILES string of the molecule is O=C(COc1ccccc1C(=O)Nc1ccc(N2CCCC2=O)c(Cl)c1)Nc1ccccc1F. The molecule has 0 radical (unpaired) electrons. The molecule has 0 bridgehead atoms. The van der Waals surface area contributed by atoms with Crippen molar-refractivity contribution in [2.75, 3.05) is 28.7 Å². The molecule has 3 aromatic carbocycles. The quantitative estimate of drug-likeness (QED) is 0.503. The minimum absolute atomic E-state index is 0.0174. The monoisotopic (exact) mass is 481 g/mol. The van der Waals surface area contributed by atoms with Gasteiger partial charge in [0.05, 0.1) is 22.0 Å². The van der Waals surface area contributed by atoms with Gasteiger partial charge in [0, 0.05) is 18.7 Å². The molecule has 0 spiro atoms.